The minimum atomic E-state index is -0.640. The van der Waals surface area contributed by atoms with Gasteiger partial charge < -0.3 is 21.7 Å². The van der Waals surface area contributed by atoms with Gasteiger partial charge >= 0.3 is 5.95 Å². The van der Waals surface area contributed by atoms with E-state index in [2.05, 4.69) is 15.3 Å². The Morgan fingerprint density at radius 1 is 1.44 bits per heavy atom. The molecule has 0 fully saturated rings. The lowest BCUT2D eigenvalue weighted by molar-refractivity contribution is -0.328. The molecule has 2 aromatic heterocycles. The maximum absolute atomic E-state index is 11.7. The largest absolute Gasteiger partial charge is 0.508 e. The van der Waals surface area contributed by atoms with Crippen molar-refractivity contribution in [3.8, 4) is 17.0 Å². The fraction of sp³-hybridized carbons (Fsp3) is 0.235. The molecule has 10 heteroatoms. The molecule has 1 aromatic carbocycles. The number of halogens is 1. The number of phenolic OH excluding ortho intramolecular Hbond substituents is 1. The van der Waals surface area contributed by atoms with Crippen molar-refractivity contribution >= 4 is 50.7 Å². The number of hydrogen-bond donors (Lipinski definition) is 5. The smallest absolute Gasteiger partial charge is 0.391 e. The molecule has 0 aliphatic rings. The van der Waals surface area contributed by atoms with Crippen LogP contribution in [0.4, 0.5) is 11.6 Å². The van der Waals surface area contributed by atoms with Crippen molar-refractivity contribution in [3.63, 3.8) is 0 Å². The summed E-state index contributed by atoms with van der Waals surface area (Å²) in [5.41, 5.74) is 12.7. The minimum absolute atomic E-state index is 0.0273. The first-order valence-electron chi connectivity index (χ1n) is 8.16. The van der Waals surface area contributed by atoms with Crippen LogP contribution in [0.3, 0.4) is 0 Å². The van der Waals surface area contributed by atoms with Crippen LogP contribution in [-0.4, -0.2) is 33.8 Å². The van der Waals surface area contributed by atoms with Gasteiger partial charge in [0.2, 0.25) is 0 Å². The SMILES string of the molecule is CC[C@H](CO)Nc1nc(-c2cc(O)cc(Cl)c2)c2c(N)c(C(N)=O)sc2[nH+]1. The lowest BCUT2D eigenvalue weighted by Crippen LogP contribution is -2.28. The molecular formula is C17H19ClN5O3S+. The Balaban J connectivity index is 2.28. The van der Waals surface area contributed by atoms with Crippen molar-refractivity contribution in [3.05, 3.63) is 28.1 Å². The Bertz CT molecular complexity index is 999. The summed E-state index contributed by atoms with van der Waals surface area (Å²) in [7, 11) is 0. The molecular weight excluding hydrogens is 390 g/mol. The van der Waals surface area contributed by atoms with E-state index < -0.39 is 5.91 Å². The number of carbonyl (C=O) groups is 1. The van der Waals surface area contributed by atoms with Crippen molar-refractivity contribution < 1.29 is 20.0 Å². The zero-order chi connectivity index (χ0) is 19.7. The molecule has 3 aromatic rings. The van der Waals surface area contributed by atoms with Gasteiger partial charge in [-0.05, 0) is 24.6 Å². The second-order valence-corrected chi connectivity index (χ2v) is 7.43. The third kappa shape index (κ3) is 3.75. The molecule has 0 aliphatic heterocycles. The topological polar surface area (TPSA) is 149 Å². The van der Waals surface area contributed by atoms with Crippen molar-refractivity contribution in [2.45, 2.75) is 19.4 Å². The number of hydrogen-bond acceptors (Lipinski definition) is 7. The van der Waals surface area contributed by atoms with E-state index in [1.165, 1.54) is 12.1 Å². The van der Waals surface area contributed by atoms with Gasteiger partial charge in [0.1, 0.15) is 10.6 Å². The van der Waals surface area contributed by atoms with E-state index in [9.17, 15) is 15.0 Å². The van der Waals surface area contributed by atoms with Gasteiger partial charge in [0.25, 0.3) is 5.91 Å². The van der Waals surface area contributed by atoms with Crippen LogP contribution in [0.2, 0.25) is 5.02 Å². The Hall–Kier alpha value is -2.62. The van der Waals surface area contributed by atoms with Crippen LogP contribution in [0.25, 0.3) is 21.5 Å². The number of carbonyl (C=O) groups excluding carboxylic acids is 1. The van der Waals surface area contributed by atoms with Crippen molar-refractivity contribution in [1.82, 2.24) is 4.98 Å². The van der Waals surface area contributed by atoms with E-state index in [1.807, 2.05) is 6.92 Å². The van der Waals surface area contributed by atoms with Crippen LogP contribution in [0.1, 0.15) is 23.0 Å². The van der Waals surface area contributed by atoms with Gasteiger partial charge in [-0.25, -0.2) is 4.98 Å². The average molecular weight is 409 g/mol. The van der Waals surface area contributed by atoms with Crippen LogP contribution in [0.5, 0.6) is 5.75 Å². The number of aliphatic hydroxyl groups is 1. The van der Waals surface area contributed by atoms with E-state index in [1.54, 1.807) is 6.07 Å². The van der Waals surface area contributed by atoms with Gasteiger partial charge in [-0.3, -0.25) is 10.1 Å². The zero-order valence-electron chi connectivity index (χ0n) is 14.4. The number of aliphatic hydroxyl groups excluding tert-OH is 1. The highest BCUT2D eigenvalue weighted by atomic mass is 35.5. The number of aromatic nitrogens is 2. The Kier molecular flexibility index (Phi) is 5.36. The maximum Gasteiger partial charge on any atom is 0.391 e. The number of nitrogens with two attached hydrogens (primary N) is 2. The van der Waals surface area contributed by atoms with E-state index >= 15 is 0 Å². The summed E-state index contributed by atoms with van der Waals surface area (Å²) < 4.78 is 0. The van der Waals surface area contributed by atoms with Gasteiger partial charge in [0.05, 0.1) is 23.7 Å². The average Bonchev–Trinajstić information content (AvgIpc) is 2.95. The molecule has 0 aliphatic carbocycles. The van der Waals surface area contributed by atoms with Gasteiger partial charge in [-0.2, -0.15) is 0 Å². The first kappa shape index (κ1) is 19.2. The first-order valence-corrected chi connectivity index (χ1v) is 9.35. The zero-order valence-corrected chi connectivity index (χ0v) is 16.0. The highest BCUT2D eigenvalue weighted by Gasteiger charge is 2.25. The highest BCUT2D eigenvalue weighted by Crippen LogP contribution is 2.39. The van der Waals surface area contributed by atoms with Gasteiger partial charge in [0, 0.05) is 10.6 Å². The molecule has 3 rings (SSSR count). The van der Waals surface area contributed by atoms with Crippen LogP contribution in [0.15, 0.2) is 18.2 Å². The number of benzene rings is 1. The van der Waals surface area contributed by atoms with Crippen LogP contribution >= 0.6 is 22.9 Å². The monoisotopic (exact) mass is 408 g/mol. The molecule has 142 valence electrons. The summed E-state index contributed by atoms with van der Waals surface area (Å²) in [4.78, 5) is 20.1. The number of fused-ring (bicyclic) bond motifs is 1. The quantitative estimate of drug-likeness (QED) is 0.421. The molecule has 8 N–H and O–H groups in total. The molecule has 27 heavy (non-hydrogen) atoms. The first-order chi connectivity index (χ1) is 12.8. The van der Waals surface area contributed by atoms with Crippen LogP contribution in [-0.2, 0) is 0 Å². The summed E-state index contributed by atoms with van der Waals surface area (Å²) in [6.07, 6.45) is 0.677. The van der Waals surface area contributed by atoms with Gasteiger partial charge in [0.15, 0.2) is 10.5 Å². The summed E-state index contributed by atoms with van der Waals surface area (Å²) in [6.45, 7) is 1.85. The molecule has 0 spiro atoms. The van der Waals surface area contributed by atoms with Crippen LogP contribution in [0, 0.1) is 0 Å². The minimum Gasteiger partial charge on any atom is -0.508 e. The summed E-state index contributed by atoms with van der Waals surface area (Å²) in [5, 5.41) is 23.3. The predicted octanol–water partition coefficient (Wildman–Crippen LogP) is 2.00. The molecule has 8 nitrogen and oxygen atoms in total. The molecule has 1 amide bonds. The molecule has 2 heterocycles. The molecule has 0 saturated carbocycles. The van der Waals surface area contributed by atoms with E-state index in [-0.39, 0.29) is 29.0 Å². The molecule has 0 bridgehead atoms. The fourth-order valence-corrected chi connectivity index (χ4v) is 3.91. The third-order valence-corrected chi connectivity index (χ3v) is 5.43. The number of nitrogens with zero attached hydrogens (tertiary/aromatic N) is 1. The van der Waals surface area contributed by atoms with E-state index in [0.717, 1.165) is 11.3 Å². The fourth-order valence-electron chi connectivity index (χ4n) is 2.71. The Morgan fingerprint density at radius 3 is 2.78 bits per heavy atom. The molecule has 0 saturated heterocycles. The number of anilines is 2. The van der Waals surface area contributed by atoms with Crippen molar-refractivity contribution in [2.75, 3.05) is 17.7 Å². The maximum atomic E-state index is 11.7. The van der Waals surface area contributed by atoms with E-state index in [4.69, 9.17) is 23.1 Å². The van der Waals surface area contributed by atoms with Gasteiger partial charge in [-0.15, -0.1) is 0 Å². The third-order valence-electron chi connectivity index (χ3n) is 4.07. The number of amides is 1. The lowest BCUT2D eigenvalue weighted by Gasteiger charge is -2.09. The summed E-state index contributed by atoms with van der Waals surface area (Å²) in [6, 6.07) is 4.33. The number of aromatic amines is 1. The van der Waals surface area contributed by atoms with Crippen molar-refractivity contribution in [2.24, 2.45) is 5.73 Å². The van der Waals surface area contributed by atoms with Gasteiger partial charge in [-0.1, -0.05) is 34.8 Å². The number of primary amides is 1. The second kappa shape index (κ2) is 7.55. The number of nitrogen functional groups attached to an aromatic ring is 1. The summed E-state index contributed by atoms with van der Waals surface area (Å²) >= 11 is 7.18. The number of thiophene rings is 1. The number of nitrogens with one attached hydrogen (secondary N) is 2. The number of rotatable bonds is 6. The second-order valence-electron chi connectivity index (χ2n) is 5.98. The number of H-pyrrole nitrogens is 1. The predicted molar refractivity (Wildman–Crippen MR) is 106 cm³/mol. The number of aromatic hydroxyl groups is 1. The highest BCUT2D eigenvalue weighted by molar-refractivity contribution is 7.20. The Morgan fingerprint density at radius 2 is 2.19 bits per heavy atom. The molecule has 0 radical (unpaired) electrons. The van der Waals surface area contributed by atoms with Crippen LogP contribution < -0.4 is 21.8 Å². The molecule has 1 atom stereocenters. The standard InChI is InChI=1S/C17H18ClN5O3S/c1-2-9(6-24)21-17-22-13(7-3-8(18)5-10(25)4-7)11-12(19)14(15(20)26)27-16(11)23-17/h3-5,9,24-25H,2,6,19H2,1H3,(H2,20,26)(H,21,22,23)/p+1/t9-/m1/s1. The summed E-state index contributed by atoms with van der Waals surface area (Å²) in [5.74, 6) is -0.283. The Labute approximate surface area is 163 Å². The normalized spacial score (nSPS) is 12.3. The number of phenols is 1. The molecule has 0 unspecified atom stereocenters. The van der Waals surface area contributed by atoms with Crippen molar-refractivity contribution in [1.29, 1.82) is 0 Å². The lowest BCUT2D eigenvalue weighted by atomic mass is 10.1. The van der Waals surface area contributed by atoms with E-state index in [0.29, 0.717) is 38.9 Å².